The summed E-state index contributed by atoms with van der Waals surface area (Å²) < 4.78 is 14.9. The summed E-state index contributed by atoms with van der Waals surface area (Å²) in [6.45, 7) is 7.32. The molecule has 132 valence electrons. The van der Waals surface area contributed by atoms with Gasteiger partial charge in [0.05, 0.1) is 0 Å². The molecule has 0 saturated heterocycles. The van der Waals surface area contributed by atoms with E-state index in [0.717, 1.165) is 66.6 Å². The predicted molar refractivity (Wildman–Crippen MR) is 95.0 cm³/mol. The molecular formula is C22H37F. The van der Waals surface area contributed by atoms with Crippen molar-refractivity contribution in [3.8, 4) is 0 Å². The summed E-state index contributed by atoms with van der Waals surface area (Å²) in [6, 6.07) is 0. The Morgan fingerprint density at radius 1 is 0.913 bits per heavy atom. The van der Waals surface area contributed by atoms with Gasteiger partial charge < -0.3 is 0 Å². The van der Waals surface area contributed by atoms with Gasteiger partial charge in [-0.15, -0.1) is 0 Å². The summed E-state index contributed by atoms with van der Waals surface area (Å²) in [5.74, 6) is 6.72. The Kier molecular flexibility index (Phi) is 4.30. The monoisotopic (exact) mass is 320 g/mol. The zero-order valence-electron chi connectivity index (χ0n) is 15.6. The van der Waals surface area contributed by atoms with Gasteiger partial charge >= 0.3 is 0 Å². The average molecular weight is 321 g/mol. The zero-order valence-corrected chi connectivity index (χ0v) is 15.6. The van der Waals surface area contributed by atoms with E-state index in [2.05, 4.69) is 20.8 Å². The van der Waals surface area contributed by atoms with E-state index in [9.17, 15) is 4.39 Å². The Bertz CT molecular complexity index is 404. The minimum atomic E-state index is -0.748. The molecule has 23 heavy (non-hydrogen) atoms. The van der Waals surface area contributed by atoms with Crippen molar-refractivity contribution in [3.05, 3.63) is 0 Å². The molecule has 3 unspecified atom stereocenters. The molecule has 5 aliphatic rings. The van der Waals surface area contributed by atoms with Crippen LogP contribution in [0.15, 0.2) is 0 Å². The van der Waals surface area contributed by atoms with Gasteiger partial charge in [0, 0.05) is 0 Å². The molecule has 0 aromatic carbocycles. The zero-order chi connectivity index (χ0) is 16.2. The maximum Gasteiger partial charge on any atom is 0.111 e. The molecule has 0 amide bonds. The van der Waals surface area contributed by atoms with Gasteiger partial charge in [-0.2, -0.15) is 0 Å². The maximum absolute atomic E-state index is 14.9. The van der Waals surface area contributed by atoms with Crippen LogP contribution in [0.5, 0.6) is 0 Å². The Balaban J connectivity index is 1.34. The number of halogens is 1. The molecule has 0 nitrogen and oxygen atoms in total. The van der Waals surface area contributed by atoms with Crippen LogP contribution in [0, 0.1) is 47.3 Å². The molecule has 3 atom stereocenters. The van der Waals surface area contributed by atoms with E-state index in [1.807, 2.05) is 0 Å². The smallest absolute Gasteiger partial charge is 0.111 e. The standard InChI is InChI=1S/C22H37F/c1-14(2)18-6-4-16(5-7-18)8-15(3)21-19-9-17-10-20(21)13-22(23,11-17)12-19/h14-21H,4-13H2,1-3H3. The molecule has 0 aromatic heterocycles. The molecule has 5 rings (SSSR count). The number of alkyl halides is 1. The topological polar surface area (TPSA) is 0 Å². The third kappa shape index (κ3) is 3.11. The highest BCUT2D eigenvalue weighted by atomic mass is 19.1. The van der Waals surface area contributed by atoms with Gasteiger partial charge in [-0.3, -0.25) is 0 Å². The molecule has 0 aromatic rings. The van der Waals surface area contributed by atoms with Crippen LogP contribution in [0.2, 0.25) is 0 Å². The molecule has 0 N–H and O–H groups in total. The molecule has 1 heteroatoms. The lowest BCUT2D eigenvalue weighted by Crippen LogP contribution is -2.54. The summed E-state index contributed by atoms with van der Waals surface area (Å²) in [4.78, 5) is 0. The summed E-state index contributed by atoms with van der Waals surface area (Å²) in [5.41, 5.74) is -0.748. The lowest BCUT2D eigenvalue weighted by atomic mass is 9.48. The predicted octanol–water partition coefficient (Wildman–Crippen LogP) is 6.64. The second-order valence-corrected chi connectivity index (χ2v) is 10.4. The van der Waals surface area contributed by atoms with E-state index in [1.54, 1.807) is 0 Å². The highest BCUT2D eigenvalue weighted by Crippen LogP contribution is 2.61. The van der Waals surface area contributed by atoms with Crippen molar-refractivity contribution in [2.45, 2.75) is 90.6 Å². The largest absolute Gasteiger partial charge is 0.244 e. The quantitative estimate of drug-likeness (QED) is 0.544. The fourth-order valence-corrected chi connectivity index (χ4v) is 7.67. The Hall–Kier alpha value is -0.0700. The van der Waals surface area contributed by atoms with Crippen LogP contribution in [-0.2, 0) is 0 Å². The Morgan fingerprint density at radius 2 is 1.52 bits per heavy atom. The number of hydrogen-bond acceptors (Lipinski definition) is 0. The summed E-state index contributed by atoms with van der Waals surface area (Å²) in [6.07, 6.45) is 12.7. The lowest BCUT2D eigenvalue weighted by molar-refractivity contribution is -0.125. The first-order valence-electron chi connectivity index (χ1n) is 10.6. The van der Waals surface area contributed by atoms with Crippen LogP contribution < -0.4 is 0 Å². The Labute approximate surface area is 143 Å². The Morgan fingerprint density at radius 3 is 2.04 bits per heavy atom. The minimum Gasteiger partial charge on any atom is -0.244 e. The van der Waals surface area contributed by atoms with Gasteiger partial charge in [0.25, 0.3) is 0 Å². The first-order chi connectivity index (χ1) is 10.9. The van der Waals surface area contributed by atoms with Crippen molar-refractivity contribution < 1.29 is 4.39 Å². The molecule has 0 radical (unpaired) electrons. The molecule has 4 bridgehead atoms. The van der Waals surface area contributed by atoms with Crippen LogP contribution in [0.1, 0.15) is 85.0 Å². The first-order valence-corrected chi connectivity index (χ1v) is 10.6. The fraction of sp³-hybridized carbons (Fsp3) is 1.00. The van der Waals surface area contributed by atoms with E-state index in [0.29, 0.717) is 0 Å². The van der Waals surface area contributed by atoms with Gasteiger partial charge in [0.2, 0.25) is 0 Å². The SMILES string of the molecule is CC(C)C1CCC(CC(C)C2C3CC4CC2CC(F)(C4)C3)CC1. The van der Waals surface area contributed by atoms with Crippen molar-refractivity contribution in [3.63, 3.8) is 0 Å². The molecular weight excluding hydrogens is 283 g/mol. The van der Waals surface area contributed by atoms with E-state index >= 15 is 0 Å². The van der Waals surface area contributed by atoms with Crippen molar-refractivity contribution in [2.75, 3.05) is 0 Å². The van der Waals surface area contributed by atoms with Gasteiger partial charge in [-0.25, -0.2) is 4.39 Å². The normalized spacial score (nSPS) is 50.5. The van der Waals surface area contributed by atoms with E-state index < -0.39 is 5.67 Å². The van der Waals surface area contributed by atoms with Gasteiger partial charge in [-0.05, 0) is 98.7 Å². The fourth-order valence-electron chi connectivity index (χ4n) is 7.67. The van der Waals surface area contributed by atoms with Gasteiger partial charge in [-0.1, -0.05) is 33.6 Å². The molecule has 5 saturated carbocycles. The van der Waals surface area contributed by atoms with Crippen molar-refractivity contribution in [2.24, 2.45) is 47.3 Å². The van der Waals surface area contributed by atoms with Crippen LogP contribution in [0.4, 0.5) is 4.39 Å². The van der Waals surface area contributed by atoms with Crippen molar-refractivity contribution in [1.82, 2.24) is 0 Å². The number of rotatable bonds is 4. The first kappa shape index (κ1) is 16.4. The van der Waals surface area contributed by atoms with Crippen LogP contribution in [0.25, 0.3) is 0 Å². The number of hydrogen-bond donors (Lipinski definition) is 0. The molecule has 0 spiro atoms. The highest BCUT2D eigenvalue weighted by Gasteiger charge is 2.56. The summed E-state index contributed by atoms with van der Waals surface area (Å²) in [5, 5.41) is 0. The van der Waals surface area contributed by atoms with Crippen LogP contribution in [0.3, 0.4) is 0 Å². The average Bonchev–Trinajstić information content (AvgIpc) is 2.45. The maximum atomic E-state index is 14.9. The molecule has 0 aliphatic heterocycles. The summed E-state index contributed by atoms with van der Waals surface area (Å²) in [7, 11) is 0. The van der Waals surface area contributed by atoms with E-state index in [4.69, 9.17) is 0 Å². The lowest BCUT2D eigenvalue weighted by Gasteiger charge is -2.58. The van der Waals surface area contributed by atoms with Crippen molar-refractivity contribution in [1.29, 1.82) is 0 Å². The van der Waals surface area contributed by atoms with Crippen LogP contribution in [-0.4, -0.2) is 5.67 Å². The van der Waals surface area contributed by atoms with Gasteiger partial charge in [0.1, 0.15) is 5.67 Å². The second kappa shape index (κ2) is 6.03. The van der Waals surface area contributed by atoms with Crippen molar-refractivity contribution >= 4 is 0 Å². The van der Waals surface area contributed by atoms with Crippen LogP contribution >= 0.6 is 0 Å². The second-order valence-electron chi connectivity index (χ2n) is 10.4. The van der Waals surface area contributed by atoms with Gasteiger partial charge in [0.15, 0.2) is 0 Å². The minimum absolute atomic E-state index is 0.730. The molecule has 0 heterocycles. The third-order valence-corrected chi connectivity index (χ3v) is 8.47. The van der Waals surface area contributed by atoms with E-state index in [-0.39, 0.29) is 0 Å². The third-order valence-electron chi connectivity index (χ3n) is 8.47. The summed E-state index contributed by atoms with van der Waals surface area (Å²) >= 11 is 0. The highest BCUT2D eigenvalue weighted by molar-refractivity contribution is 5.06. The molecule has 5 aliphatic carbocycles. The molecule has 5 fully saturated rings. The van der Waals surface area contributed by atoms with E-state index in [1.165, 1.54) is 44.9 Å².